The molecular weight excluding hydrogens is 466 g/mol. The molecule has 1 aromatic carbocycles. The fourth-order valence-electron chi connectivity index (χ4n) is 4.68. The number of nitrogens with two attached hydrogens (primary N) is 1. The molecule has 0 unspecified atom stereocenters. The predicted molar refractivity (Wildman–Crippen MR) is 149 cm³/mol. The van der Waals surface area contributed by atoms with Crippen LogP contribution in [0.15, 0.2) is 42.5 Å². The molecule has 3 amide bonds. The van der Waals surface area contributed by atoms with E-state index < -0.39 is 17.6 Å². The lowest BCUT2D eigenvalue weighted by Crippen LogP contribution is -2.56. The van der Waals surface area contributed by atoms with E-state index in [0.717, 1.165) is 24.9 Å². The first kappa shape index (κ1) is 30.5. The molecule has 2 rings (SSSR count). The molecule has 206 valence electrons. The van der Waals surface area contributed by atoms with Gasteiger partial charge in [0.2, 0.25) is 17.7 Å². The smallest absolute Gasteiger partial charge is 0.246 e. The summed E-state index contributed by atoms with van der Waals surface area (Å²) >= 11 is 0. The minimum Gasteiger partial charge on any atom is -0.341 e. The number of carbonyl (C=O) groups is 3. The van der Waals surface area contributed by atoms with Crippen molar-refractivity contribution in [3.8, 4) is 0 Å². The monoisotopic (exact) mass is 513 g/mol. The molecule has 0 bridgehead atoms. The first-order valence-electron chi connectivity index (χ1n) is 13.3. The fraction of sp³-hybridized carbons (Fsp3) is 0.621. The highest BCUT2D eigenvalue weighted by atomic mass is 16.2. The summed E-state index contributed by atoms with van der Waals surface area (Å²) in [7, 11) is 7.44. The Morgan fingerprint density at radius 2 is 1.65 bits per heavy atom. The topological polar surface area (TPSA) is 90.2 Å². The Kier molecular flexibility index (Phi) is 11.3. The Balaban J connectivity index is 2.15. The molecule has 1 saturated heterocycles. The van der Waals surface area contributed by atoms with Crippen LogP contribution in [0.25, 0.3) is 0 Å². The first-order valence-corrected chi connectivity index (χ1v) is 13.3. The van der Waals surface area contributed by atoms with Crippen molar-refractivity contribution in [2.45, 2.75) is 64.1 Å². The van der Waals surface area contributed by atoms with Gasteiger partial charge in [0.15, 0.2) is 0 Å². The fourth-order valence-corrected chi connectivity index (χ4v) is 4.68. The summed E-state index contributed by atoms with van der Waals surface area (Å²) < 4.78 is 0. The van der Waals surface area contributed by atoms with E-state index in [1.54, 1.807) is 27.1 Å². The van der Waals surface area contributed by atoms with E-state index in [0.29, 0.717) is 31.8 Å². The van der Waals surface area contributed by atoms with Crippen LogP contribution >= 0.6 is 0 Å². The number of hydrogen-bond acceptors (Lipinski definition) is 5. The molecule has 0 aromatic heterocycles. The Hall–Kier alpha value is -2.71. The highest BCUT2D eigenvalue weighted by Crippen LogP contribution is 2.21. The molecule has 0 aliphatic carbocycles. The SMILES string of the molecule is C[C@H](C(=O)N(C)[C@H](Cc1ccccc1)C(=O)N1CCC(CN(C)C)CC1)N(C)C(=O)/C=C/CC(C)(C)N. The van der Waals surface area contributed by atoms with E-state index in [1.807, 2.05) is 49.1 Å². The van der Waals surface area contributed by atoms with E-state index in [-0.39, 0.29) is 17.7 Å². The summed E-state index contributed by atoms with van der Waals surface area (Å²) in [6, 6.07) is 8.41. The maximum atomic E-state index is 13.8. The Labute approximate surface area is 223 Å². The summed E-state index contributed by atoms with van der Waals surface area (Å²) in [6.07, 6.45) is 6.09. The summed E-state index contributed by atoms with van der Waals surface area (Å²) in [4.78, 5) is 47.0. The van der Waals surface area contributed by atoms with Crippen molar-refractivity contribution < 1.29 is 14.4 Å². The van der Waals surface area contributed by atoms with Gasteiger partial charge in [-0.2, -0.15) is 0 Å². The standard InChI is InChI=1S/C29H47N5O3/c1-22(32(6)26(35)14-11-17-29(2,3)30)27(36)33(7)25(20-23-12-9-8-10-13-23)28(37)34-18-15-24(16-19-34)21-31(4)5/h8-14,22,24-25H,15-21,30H2,1-7H3/b14-11+/t22-,25-/m1/s1. The third kappa shape index (κ3) is 9.59. The van der Waals surface area contributed by atoms with Crippen molar-refractivity contribution in [1.29, 1.82) is 0 Å². The third-order valence-electron chi connectivity index (χ3n) is 7.11. The lowest BCUT2D eigenvalue weighted by Gasteiger charge is -2.38. The van der Waals surface area contributed by atoms with Gasteiger partial charge in [-0.1, -0.05) is 36.4 Å². The Morgan fingerprint density at radius 3 is 2.19 bits per heavy atom. The summed E-state index contributed by atoms with van der Waals surface area (Å²) in [5.74, 6) is 0.00501. The van der Waals surface area contributed by atoms with Gasteiger partial charge in [-0.25, -0.2) is 0 Å². The molecule has 8 heteroatoms. The van der Waals surface area contributed by atoms with Gasteiger partial charge in [0.25, 0.3) is 0 Å². The quantitative estimate of drug-likeness (QED) is 0.459. The lowest BCUT2D eigenvalue weighted by molar-refractivity contribution is -0.149. The summed E-state index contributed by atoms with van der Waals surface area (Å²) in [6.45, 7) is 7.89. The van der Waals surface area contributed by atoms with Crippen molar-refractivity contribution in [1.82, 2.24) is 19.6 Å². The van der Waals surface area contributed by atoms with E-state index in [4.69, 9.17) is 5.73 Å². The molecule has 1 heterocycles. The second-order valence-electron chi connectivity index (χ2n) is 11.4. The van der Waals surface area contributed by atoms with Gasteiger partial charge >= 0.3 is 0 Å². The van der Waals surface area contributed by atoms with E-state index in [1.165, 1.54) is 15.9 Å². The molecule has 2 N–H and O–H groups in total. The van der Waals surface area contributed by atoms with Crippen LogP contribution < -0.4 is 5.73 Å². The highest BCUT2D eigenvalue weighted by molar-refractivity contribution is 5.94. The molecular formula is C29H47N5O3. The molecule has 0 radical (unpaired) electrons. The molecule has 2 atom stereocenters. The molecule has 8 nitrogen and oxygen atoms in total. The lowest BCUT2D eigenvalue weighted by atomic mass is 9.95. The summed E-state index contributed by atoms with van der Waals surface area (Å²) in [5, 5.41) is 0. The number of likely N-dealkylation sites (N-methyl/N-ethyl adjacent to an activating group) is 2. The van der Waals surface area contributed by atoms with Crippen LogP contribution in [-0.2, 0) is 20.8 Å². The number of nitrogens with zero attached hydrogens (tertiary/aromatic N) is 4. The van der Waals surface area contributed by atoms with Gasteiger partial charge < -0.3 is 25.3 Å². The minimum absolute atomic E-state index is 0.0331. The van der Waals surface area contributed by atoms with Crippen molar-refractivity contribution >= 4 is 17.7 Å². The van der Waals surface area contributed by atoms with Crippen LogP contribution in [0.4, 0.5) is 0 Å². The normalized spacial score (nSPS) is 16.6. The van der Waals surface area contributed by atoms with Crippen LogP contribution in [0.1, 0.15) is 45.6 Å². The van der Waals surface area contributed by atoms with Crippen molar-refractivity contribution in [2.24, 2.45) is 11.7 Å². The number of benzene rings is 1. The average molecular weight is 514 g/mol. The van der Waals surface area contributed by atoms with Gasteiger partial charge in [-0.05, 0) is 71.7 Å². The van der Waals surface area contributed by atoms with Gasteiger partial charge in [0.1, 0.15) is 12.1 Å². The van der Waals surface area contributed by atoms with Crippen LogP contribution in [0.2, 0.25) is 0 Å². The zero-order valence-electron chi connectivity index (χ0n) is 23.8. The number of carbonyl (C=O) groups excluding carboxylic acids is 3. The van der Waals surface area contributed by atoms with Crippen LogP contribution in [-0.4, -0.2) is 103 Å². The zero-order chi connectivity index (χ0) is 27.8. The van der Waals surface area contributed by atoms with Crippen LogP contribution in [0.3, 0.4) is 0 Å². The molecule has 1 aliphatic rings. The van der Waals surface area contributed by atoms with Gasteiger partial charge in [0.05, 0.1) is 0 Å². The van der Waals surface area contributed by atoms with Gasteiger partial charge in [0, 0.05) is 45.7 Å². The number of piperidine rings is 1. The van der Waals surface area contributed by atoms with Crippen LogP contribution in [0.5, 0.6) is 0 Å². The number of hydrogen-bond donors (Lipinski definition) is 1. The zero-order valence-corrected chi connectivity index (χ0v) is 23.8. The molecule has 1 fully saturated rings. The highest BCUT2D eigenvalue weighted by Gasteiger charge is 2.35. The Morgan fingerprint density at radius 1 is 1.05 bits per heavy atom. The predicted octanol–water partition coefficient (Wildman–Crippen LogP) is 2.39. The Bertz CT molecular complexity index is 917. The average Bonchev–Trinajstić information content (AvgIpc) is 2.85. The second-order valence-corrected chi connectivity index (χ2v) is 11.4. The van der Waals surface area contributed by atoms with E-state index >= 15 is 0 Å². The second kappa shape index (κ2) is 13.7. The largest absolute Gasteiger partial charge is 0.341 e. The number of amides is 3. The minimum atomic E-state index is -0.718. The maximum absolute atomic E-state index is 13.8. The molecule has 1 aliphatic heterocycles. The first-order chi connectivity index (χ1) is 17.3. The van der Waals surface area contributed by atoms with Gasteiger partial charge in [-0.15, -0.1) is 0 Å². The number of likely N-dealkylation sites (tertiary alicyclic amines) is 1. The number of rotatable bonds is 11. The third-order valence-corrected chi connectivity index (χ3v) is 7.11. The van der Waals surface area contributed by atoms with Crippen LogP contribution in [0, 0.1) is 5.92 Å². The van der Waals surface area contributed by atoms with Crippen molar-refractivity contribution in [2.75, 3.05) is 47.8 Å². The van der Waals surface area contributed by atoms with Crippen molar-refractivity contribution in [3.05, 3.63) is 48.0 Å². The van der Waals surface area contributed by atoms with Gasteiger partial charge in [-0.3, -0.25) is 14.4 Å². The van der Waals surface area contributed by atoms with E-state index in [2.05, 4.69) is 19.0 Å². The molecule has 1 aromatic rings. The van der Waals surface area contributed by atoms with E-state index in [9.17, 15) is 14.4 Å². The maximum Gasteiger partial charge on any atom is 0.246 e. The van der Waals surface area contributed by atoms with Crippen molar-refractivity contribution in [3.63, 3.8) is 0 Å². The molecule has 0 spiro atoms. The molecule has 37 heavy (non-hydrogen) atoms. The molecule has 0 saturated carbocycles. The summed E-state index contributed by atoms with van der Waals surface area (Å²) in [5.41, 5.74) is 6.56.